The molecule has 0 spiro atoms. The quantitative estimate of drug-likeness (QED) is 0.636. The molecule has 1 aliphatic rings. The Balaban J connectivity index is 1.62. The van der Waals surface area contributed by atoms with Gasteiger partial charge in [-0.15, -0.1) is 0 Å². The van der Waals surface area contributed by atoms with Gasteiger partial charge in [-0.25, -0.2) is 0 Å². The Bertz CT molecular complexity index is 870. The highest BCUT2D eigenvalue weighted by atomic mass is 16.3. The van der Waals surface area contributed by atoms with Crippen LogP contribution in [0.5, 0.6) is 0 Å². The fourth-order valence-corrected chi connectivity index (χ4v) is 3.67. The first-order valence-electron chi connectivity index (χ1n) is 10.5. The molecule has 1 saturated carbocycles. The van der Waals surface area contributed by atoms with Gasteiger partial charge in [0.25, 0.3) is 5.91 Å². The van der Waals surface area contributed by atoms with E-state index in [1.54, 1.807) is 36.4 Å². The second-order valence-electron chi connectivity index (χ2n) is 8.07. The third-order valence-corrected chi connectivity index (χ3v) is 5.36. The van der Waals surface area contributed by atoms with Crippen molar-refractivity contribution in [3.8, 4) is 0 Å². The standard InChI is InChI=1S/C23H29N3O4/c1-15(2)20(26-21(27)16-8-4-3-5-9-16)23(29)25-18-11-6-10-17(14-18)24-22(28)19-12-7-13-30-19/h6-7,10-16,20H,3-5,8-9H2,1-2H3,(H,24,28)(H,25,29)(H,26,27). The lowest BCUT2D eigenvalue weighted by Crippen LogP contribution is -2.49. The first-order chi connectivity index (χ1) is 14.4. The molecule has 3 rings (SSSR count). The summed E-state index contributed by atoms with van der Waals surface area (Å²) in [5.41, 5.74) is 1.07. The first-order valence-corrected chi connectivity index (χ1v) is 10.5. The summed E-state index contributed by atoms with van der Waals surface area (Å²) in [6.45, 7) is 3.82. The fourth-order valence-electron chi connectivity index (χ4n) is 3.67. The van der Waals surface area contributed by atoms with Gasteiger partial charge in [-0.1, -0.05) is 39.2 Å². The van der Waals surface area contributed by atoms with E-state index in [1.165, 1.54) is 12.7 Å². The molecule has 3 amide bonds. The Labute approximate surface area is 176 Å². The van der Waals surface area contributed by atoms with Crippen molar-refractivity contribution in [1.29, 1.82) is 0 Å². The zero-order chi connectivity index (χ0) is 21.5. The SMILES string of the molecule is CC(C)C(NC(=O)C1CCCCC1)C(=O)Nc1cccc(NC(=O)c2ccco2)c1. The molecule has 0 aliphatic heterocycles. The third-order valence-electron chi connectivity index (χ3n) is 5.36. The molecule has 1 heterocycles. The number of carbonyl (C=O) groups is 3. The lowest BCUT2D eigenvalue weighted by molar-refractivity contribution is -0.130. The molecule has 1 aromatic carbocycles. The van der Waals surface area contributed by atoms with Gasteiger partial charge in [0.15, 0.2) is 5.76 Å². The predicted octanol–water partition coefficient (Wildman–Crippen LogP) is 4.19. The molecule has 1 aromatic heterocycles. The molecule has 7 nitrogen and oxygen atoms in total. The topological polar surface area (TPSA) is 100 Å². The summed E-state index contributed by atoms with van der Waals surface area (Å²) in [7, 11) is 0. The molecule has 0 radical (unpaired) electrons. The van der Waals surface area contributed by atoms with Crippen molar-refractivity contribution < 1.29 is 18.8 Å². The molecule has 7 heteroatoms. The monoisotopic (exact) mass is 411 g/mol. The molecule has 30 heavy (non-hydrogen) atoms. The zero-order valence-corrected chi connectivity index (χ0v) is 17.4. The zero-order valence-electron chi connectivity index (χ0n) is 17.4. The van der Waals surface area contributed by atoms with Gasteiger partial charge in [0.1, 0.15) is 6.04 Å². The Kier molecular flexibility index (Phi) is 7.27. The van der Waals surface area contributed by atoms with Crippen LogP contribution in [-0.4, -0.2) is 23.8 Å². The van der Waals surface area contributed by atoms with Crippen molar-refractivity contribution >= 4 is 29.1 Å². The summed E-state index contributed by atoms with van der Waals surface area (Å²) in [6, 6.07) is 9.45. The Morgan fingerprint density at radius 1 is 0.967 bits per heavy atom. The minimum Gasteiger partial charge on any atom is -0.459 e. The fraction of sp³-hybridized carbons (Fsp3) is 0.435. The van der Waals surface area contributed by atoms with Gasteiger partial charge in [-0.05, 0) is 49.1 Å². The number of benzene rings is 1. The highest BCUT2D eigenvalue weighted by Crippen LogP contribution is 2.24. The lowest BCUT2D eigenvalue weighted by atomic mass is 9.88. The van der Waals surface area contributed by atoms with Crippen LogP contribution in [0.25, 0.3) is 0 Å². The highest BCUT2D eigenvalue weighted by Gasteiger charge is 2.28. The number of rotatable bonds is 7. The summed E-state index contributed by atoms with van der Waals surface area (Å²) in [4.78, 5) is 37.6. The molecule has 160 valence electrons. The Morgan fingerprint density at radius 2 is 1.67 bits per heavy atom. The number of hydrogen-bond donors (Lipinski definition) is 3. The van der Waals surface area contributed by atoms with Gasteiger partial charge in [0.05, 0.1) is 6.26 Å². The van der Waals surface area contributed by atoms with E-state index in [-0.39, 0.29) is 35.3 Å². The lowest BCUT2D eigenvalue weighted by Gasteiger charge is -2.26. The minimum absolute atomic E-state index is 0.00654. The van der Waals surface area contributed by atoms with Crippen molar-refractivity contribution in [2.75, 3.05) is 10.6 Å². The minimum atomic E-state index is -0.624. The van der Waals surface area contributed by atoms with Crippen molar-refractivity contribution in [1.82, 2.24) is 5.32 Å². The normalized spacial score (nSPS) is 15.4. The Hall–Kier alpha value is -3.09. The number of anilines is 2. The molecule has 1 aliphatic carbocycles. The van der Waals surface area contributed by atoms with Crippen LogP contribution in [0, 0.1) is 11.8 Å². The van der Waals surface area contributed by atoms with E-state index in [0.29, 0.717) is 11.4 Å². The number of amides is 3. The number of furan rings is 1. The van der Waals surface area contributed by atoms with E-state index in [2.05, 4.69) is 16.0 Å². The molecule has 0 saturated heterocycles. The largest absolute Gasteiger partial charge is 0.459 e. The molecule has 0 bridgehead atoms. The van der Waals surface area contributed by atoms with Gasteiger partial charge in [0.2, 0.25) is 11.8 Å². The van der Waals surface area contributed by atoms with E-state index < -0.39 is 6.04 Å². The number of carbonyl (C=O) groups excluding carboxylic acids is 3. The van der Waals surface area contributed by atoms with E-state index in [9.17, 15) is 14.4 Å². The highest BCUT2D eigenvalue weighted by molar-refractivity contribution is 6.03. The number of hydrogen-bond acceptors (Lipinski definition) is 4. The van der Waals surface area contributed by atoms with Crippen LogP contribution >= 0.6 is 0 Å². The average molecular weight is 412 g/mol. The van der Waals surface area contributed by atoms with Gasteiger partial charge < -0.3 is 20.4 Å². The summed E-state index contributed by atoms with van der Waals surface area (Å²) in [5, 5.41) is 8.52. The Morgan fingerprint density at radius 3 is 2.30 bits per heavy atom. The van der Waals surface area contributed by atoms with Gasteiger partial charge in [-0.3, -0.25) is 14.4 Å². The van der Waals surface area contributed by atoms with Gasteiger partial charge in [-0.2, -0.15) is 0 Å². The maximum atomic E-state index is 12.9. The van der Waals surface area contributed by atoms with E-state index in [0.717, 1.165) is 25.7 Å². The maximum Gasteiger partial charge on any atom is 0.291 e. The van der Waals surface area contributed by atoms with E-state index in [1.807, 2.05) is 13.8 Å². The van der Waals surface area contributed by atoms with Crippen molar-refractivity contribution in [2.45, 2.75) is 52.0 Å². The van der Waals surface area contributed by atoms with Crippen LogP contribution in [0.2, 0.25) is 0 Å². The van der Waals surface area contributed by atoms with Crippen molar-refractivity contribution in [2.24, 2.45) is 11.8 Å². The number of nitrogens with one attached hydrogen (secondary N) is 3. The van der Waals surface area contributed by atoms with Crippen molar-refractivity contribution in [3.05, 3.63) is 48.4 Å². The predicted molar refractivity (Wildman–Crippen MR) is 115 cm³/mol. The molecule has 1 atom stereocenters. The molecular formula is C23H29N3O4. The van der Waals surface area contributed by atoms with Crippen LogP contribution in [0.4, 0.5) is 11.4 Å². The smallest absolute Gasteiger partial charge is 0.291 e. The molecule has 2 aromatic rings. The van der Waals surface area contributed by atoms with Crippen LogP contribution < -0.4 is 16.0 Å². The van der Waals surface area contributed by atoms with Crippen LogP contribution in [0.15, 0.2) is 47.1 Å². The molecule has 3 N–H and O–H groups in total. The second kappa shape index (κ2) is 10.1. The maximum absolute atomic E-state index is 12.9. The summed E-state index contributed by atoms with van der Waals surface area (Å²) in [6.07, 6.45) is 6.50. The van der Waals surface area contributed by atoms with Crippen LogP contribution in [-0.2, 0) is 9.59 Å². The van der Waals surface area contributed by atoms with E-state index in [4.69, 9.17) is 4.42 Å². The van der Waals surface area contributed by atoms with Crippen LogP contribution in [0.3, 0.4) is 0 Å². The van der Waals surface area contributed by atoms with Crippen molar-refractivity contribution in [3.63, 3.8) is 0 Å². The third kappa shape index (κ3) is 5.72. The summed E-state index contributed by atoms with van der Waals surface area (Å²) >= 11 is 0. The van der Waals surface area contributed by atoms with E-state index >= 15 is 0 Å². The summed E-state index contributed by atoms with van der Waals surface area (Å²) in [5.74, 6) is -0.544. The molecule has 1 unspecified atom stereocenters. The first kappa shape index (κ1) is 21.6. The molecular weight excluding hydrogens is 382 g/mol. The second-order valence-corrected chi connectivity index (χ2v) is 8.07. The van der Waals surface area contributed by atoms with Crippen LogP contribution in [0.1, 0.15) is 56.5 Å². The van der Waals surface area contributed by atoms with Gasteiger partial charge >= 0.3 is 0 Å². The average Bonchev–Trinajstić information content (AvgIpc) is 3.27. The van der Waals surface area contributed by atoms with Gasteiger partial charge in [0, 0.05) is 17.3 Å². The summed E-state index contributed by atoms with van der Waals surface area (Å²) < 4.78 is 5.09. The molecule has 1 fully saturated rings.